The molecule has 0 amide bonds. The Morgan fingerprint density at radius 1 is 0.467 bits per heavy atom. The van der Waals surface area contributed by atoms with Crippen LogP contribution < -0.4 is 9.47 Å². The highest BCUT2D eigenvalue weighted by Crippen LogP contribution is 2.36. The number of hydrogen-bond donors (Lipinski definition) is 0. The van der Waals surface area contributed by atoms with Crippen LogP contribution in [-0.4, -0.2) is 26.2 Å². The van der Waals surface area contributed by atoms with Crippen molar-refractivity contribution in [3.05, 3.63) is 113 Å². The highest BCUT2D eigenvalue weighted by molar-refractivity contribution is 9.09. The number of sulfone groups is 1. The van der Waals surface area contributed by atoms with Gasteiger partial charge in [-0.2, -0.15) is 0 Å². The van der Waals surface area contributed by atoms with Crippen molar-refractivity contribution in [1.82, 2.24) is 0 Å². The lowest BCUT2D eigenvalue weighted by molar-refractivity contribution is 0.414. The second kappa shape index (κ2) is 27.4. The molecule has 60 heavy (non-hydrogen) atoms. The maximum atomic E-state index is 14.7. The van der Waals surface area contributed by atoms with Crippen molar-refractivity contribution in [2.45, 2.75) is 177 Å². The van der Waals surface area contributed by atoms with Crippen LogP contribution in [0.5, 0.6) is 17.2 Å². The number of rotatable bonds is 31. The van der Waals surface area contributed by atoms with E-state index in [0.717, 1.165) is 71.0 Å². The summed E-state index contributed by atoms with van der Waals surface area (Å²) in [5, 5.41) is 2.22. The van der Waals surface area contributed by atoms with E-state index < -0.39 is 9.84 Å². The van der Waals surface area contributed by atoms with Gasteiger partial charge in [-0.3, -0.25) is 0 Å². The molecule has 0 N–H and O–H groups in total. The third-order valence-corrected chi connectivity index (χ3v) is 15.2. The Balaban J connectivity index is 1.46. The van der Waals surface area contributed by atoms with Crippen molar-refractivity contribution in [3.63, 3.8) is 0 Å². The normalized spacial score (nSPS) is 11.9. The predicted molar refractivity (Wildman–Crippen MR) is 262 cm³/mol. The van der Waals surface area contributed by atoms with Crippen LogP contribution in [0, 0.1) is 6.92 Å². The molecule has 0 heterocycles. The number of hydrogen-bond acceptors (Lipinski definition) is 4. The molecule has 0 radical (unpaired) electrons. The summed E-state index contributed by atoms with van der Waals surface area (Å²) in [6.45, 7) is 6.51. The van der Waals surface area contributed by atoms with Crippen LogP contribution in [0.3, 0.4) is 0 Å². The minimum Gasteiger partial charge on any atom is -0.497 e. The average molecular weight is 967 g/mol. The van der Waals surface area contributed by atoms with Gasteiger partial charge in [-0.25, -0.2) is 8.42 Å². The number of ether oxygens (including phenoxy) is 2. The molecule has 0 aliphatic carbocycles. The standard InChI is InChI=1S/C53H74Br2O4S/c1-43-27-37-51(44(41-43)25-21-17-13-9-5-7-11-15-19-23-39-54)60(56,57)52-38-36-50(42-45(52)26-22-18-14-10-6-8-12-16-20-24-40-55)59-49-34-30-47(31-35-49)53(2,3)46-28-32-48(58-4)33-29-46/h27-38,41-42H,5-26,39-40H2,1-4H3. The molecule has 0 fully saturated rings. The second-order valence-corrected chi connectivity index (χ2v) is 20.8. The summed E-state index contributed by atoms with van der Waals surface area (Å²) in [5.74, 6) is 2.23. The Labute approximate surface area is 382 Å². The van der Waals surface area contributed by atoms with Crippen LogP contribution >= 0.6 is 31.9 Å². The van der Waals surface area contributed by atoms with Gasteiger partial charge in [0.1, 0.15) is 17.2 Å². The monoisotopic (exact) mass is 964 g/mol. The fourth-order valence-electron chi connectivity index (χ4n) is 8.26. The number of aryl methyl sites for hydroxylation is 3. The molecule has 4 nitrogen and oxygen atoms in total. The molecule has 0 bridgehead atoms. The lowest BCUT2D eigenvalue weighted by Crippen LogP contribution is -2.18. The lowest BCUT2D eigenvalue weighted by Gasteiger charge is -2.26. The molecule has 0 saturated carbocycles. The third kappa shape index (κ3) is 16.6. The molecule has 330 valence electrons. The van der Waals surface area contributed by atoms with E-state index in [9.17, 15) is 8.42 Å². The van der Waals surface area contributed by atoms with Crippen molar-refractivity contribution >= 4 is 41.7 Å². The van der Waals surface area contributed by atoms with Crippen LogP contribution in [-0.2, 0) is 28.1 Å². The largest absolute Gasteiger partial charge is 0.497 e. The van der Waals surface area contributed by atoms with Gasteiger partial charge in [-0.1, -0.05) is 190 Å². The maximum absolute atomic E-state index is 14.7. The average Bonchev–Trinajstić information content (AvgIpc) is 3.25. The first-order valence-corrected chi connectivity index (χ1v) is 26.8. The number of halogens is 2. The van der Waals surface area contributed by atoms with Crippen LogP contribution in [0.25, 0.3) is 0 Å². The Kier molecular flexibility index (Phi) is 22.9. The Hall–Kier alpha value is -2.61. The van der Waals surface area contributed by atoms with Crippen LogP contribution in [0.15, 0.2) is 94.7 Å². The van der Waals surface area contributed by atoms with Crippen molar-refractivity contribution in [2.75, 3.05) is 17.8 Å². The fraction of sp³-hybridized carbons (Fsp3) is 0.547. The fourth-order valence-corrected chi connectivity index (χ4v) is 10.8. The van der Waals surface area contributed by atoms with Crippen LogP contribution in [0.2, 0.25) is 0 Å². The quantitative estimate of drug-likeness (QED) is 0.0372. The topological polar surface area (TPSA) is 52.6 Å². The lowest BCUT2D eigenvalue weighted by atomic mass is 9.78. The van der Waals surface area contributed by atoms with Gasteiger partial charge < -0.3 is 9.47 Å². The Morgan fingerprint density at radius 2 is 0.833 bits per heavy atom. The smallest absolute Gasteiger partial charge is 0.207 e. The summed E-state index contributed by atoms with van der Waals surface area (Å²) in [4.78, 5) is 0.869. The number of alkyl halides is 2. The summed E-state index contributed by atoms with van der Waals surface area (Å²) in [7, 11) is -2.07. The first-order chi connectivity index (χ1) is 29.1. The zero-order chi connectivity index (χ0) is 43.1. The summed E-state index contributed by atoms with van der Waals surface area (Å²) in [5.41, 5.74) is 5.06. The summed E-state index contributed by atoms with van der Waals surface area (Å²) >= 11 is 7.06. The van der Waals surface area contributed by atoms with Gasteiger partial charge in [-0.05, 0) is 116 Å². The molecule has 4 aromatic carbocycles. The van der Waals surface area contributed by atoms with E-state index in [4.69, 9.17) is 9.47 Å². The van der Waals surface area contributed by atoms with Gasteiger partial charge in [-0.15, -0.1) is 0 Å². The van der Waals surface area contributed by atoms with E-state index in [2.05, 4.69) is 83.0 Å². The molecule has 0 aliphatic heterocycles. The Morgan fingerprint density at radius 3 is 1.27 bits per heavy atom. The van der Waals surface area contributed by atoms with Gasteiger partial charge in [0.15, 0.2) is 0 Å². The van der Waals surface area contributed by atoms with Crippen molar-refractivity contribution < 1.29 is 17.9 Å². The number of methoxy groups -OCH3 is 1. The zero-order valence-corrected chi connectivity index (χ0v) is 41.3. The molecule has 0 atom stereocenters. The van der Waals surface area contributed by atoms with E-state index in [0.29, 0.717) is 22.0 Å². The van der Waals surface area contributed by atoms with Gasteiger partial charge >= 0.3 is 0 Å². The minimum absolute atomic E-state index is 0.206. The highest BCUT2D eigenvalue weighted by atomic mass is 79.9. The van der Waals surface area contributed by atoms with E-state index in [1.165, 1.54) is 114 Å². The van der Waals surface area contributed by atoms with Crippen molar-refractivity contribution in [1.29, 1.82) is 0 Å². The molecule has 0 aliphatic rings. The Bertz CT molecular complexity index is 1900. The van der Waals surface area contributed by atoms with Crippen LogP contribution in [0.4, 0.5) is 0 Å². The predicted octanol–water partition coefficient (Wildman–Crippen LogP) is 16.6. The molecule has 4 aromatic rings. The number of benzene rings is 4. The molecular formula is C53H74Br2O4S. The highest BCUT2D eigenvalue weighted by Gasteiger charge is 2.26. The van der Waals surface area contributed by atoms with E-state index in [1.54, 1.807) is 13.2 Å². The molecule has 0 spiro atoms. The zero-order valence-electron chi connectivity index (χ0n) is 37.4. The number of unbranched alkanes of at least 4 members (excludes halogenated alkanes) is 18. The molecular weight excluding hydrogens is 892 g/mol. The molecule has 0 saturated heterocycles. The van der Waals surface area contributed by atoms with Gasteiger partial charge in [0.25, 0.3) is 0 Å². The van der Waals surface area contributed by atoms with Crippen molar-refractivity contribution in [3.8, 4) is 17.2 Å². The van der Waals surface area contributed by atoms with Gasteiger partial charge in [0.2, 0.25) is 9.84 Å². The molecule has 0 aromatic heterocycles. The molecule has 0 unspecified atom stereocenters. The summed E-state index contributed by atoms with van der Waals surface area (Å²) in [6.07, 6.45) is 26.3. The summed E-state index contributed by atoms with van der Waals surface area (Å²) < 4.78 is 41.2. The molecule has 4 rings (SSSR count). The second-order valence-electron chi connectivity index (χ2n) is 17.3. The van der Waals surface area contributed by atoms with E-state index in [-0.39, 0.29) is 5.41 Å². The van der Waals surface area contributed by atoms with Crippen molar-refractivity contribution in [2.24, 2.45) is 0 Å². The van der Waals surface area contributed by atoms with Crippen LogP contribution in [0.1, 0.15) is 170 Å². The minimum atomic E-state index is -3.76. The third-order valence-electron chi connectivity index (χ3n) is 12.1. The van der Waals surface area contributed by atoms with Gasteiger partial charge in [0, 0.05) is 16.1 Å². The SMILES string of the molecule is COc1ccc(C(C)(C)c2ccc(Oc3ccc(S(=O)(=O)c4ccc(C)cc4CCCCCCCCCCCCBr)c(CCCCCCCCCCCCBr)c3)cc2)cc1. The van der Waals surface area contributed by atoms with E-state index in [1.807, 2.05) is 48.5 Å². The van der Waals surface area contributed by atoms with Gasteiger partial charge in [0.05, 0.1) is 16.9 Å². The van der Waals surface area contributed by atoms with E-state index >= 15 is 0 Å². The maximum Gasteiger partial charge on any atom is 0.207 e. The first-order valence-electron chi connectivity index (χ1n) is 23.1. The summed E-state index contributed by atoms with van der Waals surface area (Å²) in [6, 6.07) is 28.0. The first kappa shape index (κ1) is 50.0. The molecule has 7 heteroatoms.